The molecule has 4 rings (SSSR count). The SMILES string of the molecule is COc1cc(NC(=O)CSc2ccc(N3CCc4ccccc4C3)nn2)cc(OC)c1OC. The Balaban J connectivity index is 1.34. The molecule has 172 valence electrons. The van der Waals surface area contributed by atoms with Gasteiger partial charge in [-0.05, 0) is 29.7 Å². The third kappa shape index (κ3) is 5.31. The molecule has 1 aliphatic heterocycles. The van der Waals surface area contributed by atoms with Gasteiger partial charge < -0.3 is 24.4 Å². The van der Waals surface area contributed by atoms with Gasteiger partial charge in [0.05, 0.1) is 27.1 Å². The molecule has 0 atom stereocenters. The van der Waals surface area contributed by atoms with Gasteiger partial charge in [0.1, 0.15) is 5.03 Å². The fourth-order valence-corrected chi connectivity index (χ4v) is 4.35. The maximum Gasteiger partial charge on any atom is 0.234 e. The third-order valence-electron chi connectivity index (χ3n) is 5.38. The first-order valence-electron chi connectivity index (χ1n) is 10.5. The van der Waals surface area contributed by atoms with Crippen molar-refractivity contribution in [3.8, 4) is 17.2 Å². The zero-order chi connectivity index (χ0) is 23.2. The van der Waals surface area contributed by atoms with Crippen LogP contribution in [0.2, 0.25) is 0 Å². The molecule has 0 aliphatic carbocycles. The van der Waals surface area contributed by atoms with E-state index in [-0.39, 0.29) is 11.7 Å². The number of methoxy groups -OCH3 is 3. The summed E-state index contributed by atoms with van der Waals surface area (Å²) in [7, 11) is 4.60. The Bertz CT molecular complexity index is 1100. The van der Waals surface area contributed by atoms with Crippen LogP contribution in [0.5, 0.6) is 17.2 Å². The van der Waals surface area contributed by atoms with E-state index in [1.54, 1.807) is 12.1 Å². The van der Waals surface area contributed by atoms with E-state index in [0.29, 0.717) is 28.0 Å². The number of carbonyl (C=O) groups is 1. The molecule has 1 aromatic heterocycles. The summed E-state index contributed by atoms with van der Waals surface area (Å²) in [5, 5.41) is 12.2. The molecule has 0 bridgehead atoms. The lowest BCUT2D eigenvalue weighted by Crippen LogP contribution is -2.31. The number of hydrogen-bond donors (Lipinski definition) is 1. The molecule has 8 nitrogen and oxygen atoms in total. The highest BCUT2D eigenvalue weighted by Gasteiger charge is 2.18. The number of nitrogens with one attached hydrogen (secondary N) is 1. The first-order valence-corrected chi connectivity index (χ1v) is 11.5. The summed E-state index contributed by atoms with van der Waals surface area (Å²) in [5.74, 6) is 2.29. The zero-order valence-electron chi connectivity index (χ0n) is 18.8. The molecule has 3 aromatic rings. The Kier molecular flexibility index (Phi) is 7.19. The van der Waals surface area contributed by atoms with E-state index in [4.69, 9.17) is 14.2 Å². The van der Waals surface area contributed by atoms with E-state index < -0.39 is 0 Å². The number of nitrogens with zero attached hydrogens (tertiary/aromatic N) is 3. The van der Waals surface area contributed by atoms with Crippen LogP contribution in [0.25, 0.3) is 0 Å². The van der Waals surface area contributed by atoms with Gasteiger partial charge in [0, 0.05) is 30.9 Å². The van der Waals surface area contributed by atoms with Crippen LogP contribution in [0.4, 0.5) is 11.5 Å². The van der Waals surface area contributed by atoms with Gasteiger partial charge in [-0.2, -0.15) is 0 Å². The highest BCUT2D eigenvalue weighted by Crippen LogP contribution is 2.40. The largest absolute Gasteiger partial charge is 0.493 e. The molecule has 0 fully saturated rings. The van der Waals surface area contributed by atoms with Crippen molar-refractivity contribution < 1.29 is 19.0 Å². The van der Waals surface area contributed by atoms with E-state index >= 15 is 0 Å². The summed E-state index contributed by atoms with van der Waals surface area (Å²) < 4.78 is 16.0. The summed E-state index contributed by atoms with van der Waals surface area (Å²) in [4.78, 5) is 14.7. The van der Waals surface area contributed by atoms with Crippen molar-refractivity contribution in [1.82, 2.24) is 10.2 Å². The number of carbonyl (C=O) groups excluding carboxylic acids is 1. The number of rotatable bonds is 8. The van der Waals surface area contributed by atoms with E-state index in [1.807, 2.05) is 12.1 Å². The first-order chi connectivity index (χ1) is 16.1. The molecule has 0 saturated carbocycles. The maximum atomic E-state index is 12.5. The lowest BCUT2D eigenvalue weighted by molar-refractivity contribution is -0.113. The van der Waals surface area contributed by atoms with Crippen LogP contribution in [0, 0.1) is 0 Å². The molecule has 1 amide bonds. The lowest BCUT2D eigenvalue weighted by atomic mass is 10.00. The highest BCUT2D eigenvalue weighted by molar-refractivity contribution is 7.99. The van der Waals surface area contributed by atoms with E-state index in [2.05, 4.69) is 44.7 Å². The zero-order valence-corrected chi connectivity index (χ0v) is 19.6. The smallest absolute Gasteiger partial charge is 0.234 e. The monoisotopic (exact) mass is 466 g/mol. The Labute approximate surface area is 197 Å². The van der Waals surface area contributed by atoms with Crippen molar-refractivity contribution in [2.24, 2.45) is 0 Å². The van der Waals surface area contributed by atoms with Gasteiger partial charge in [-0.15, -0.1) is 10.2 Å². The molecule has 1 N–H and O–H groups in total. The number of ether oxygens (including phenoxy) is 3. The van der Waals surface area contributed by atoms with Gasteiger partial charge in [-0.25, -0.2) is 0 Å². The maximum absolute atomic E-state index is 12.5. The van der Waals surface area contributed by atoms with Crippen LogP contribution < -0.4 is 24.4 Å². The van der Waals surface area contributed by atoms with Crippen LogP contribution in [0.3, 0.4) is 0 Å². The molecular weight excluding hydrogens is 440 g/mol. The molecule has 2 aromatic carbocycles. The van der Waals surface area contributed by atoms with Crippen molar-refractivity contribution in [2.45, 2.75) is 18.0 Å². The van der Waals surface area contributed by atoms with Crippen molar-refractivity contribution in [2.75, 3.05) is 43.8 Å². The van der Waals surface area contributed by atoms with Crippen LogP contribution in [0.15, 0.2) is 53.6 Å². The van der Waals surface area contributed by atoms with Crippen molar-refractivity contribution in [3.05, 3.63) is 59.7 Å². The van der Waals surface area contributed by atoms with Gasteiger partial charge in [0.2, 0.25) is 11.7 Å². The number of thioether (sulfide) groups is 1. The fourth-order valence-electron chi connectivity index (χ4n) is 3.74. The van der Waals surface area contributed by atoms with Crippen LogP contribution in [-0.2, 0) is 17.8 Å². The van der Waals surface area contributed by atoms with Gasteiger partial charge in [-0.3, -0.25) is 4.79 Å². The summed E-state index contributed by atoms with van der Waals surface area (Å²) in [6.45, 7) is 1.74. The van der Waals surface area contributed by atoms with Gasteiger partial charge in [-0.1, -0.05) is 36.0 Å². The molecule has 0 radical (unpaired) electrons. The van der Waals surface area contributed by atoms with Crippen LogP contribution in [0.1, 0.15) is 11.1 Å². The number of amides is 1. The summed E-state index contributed by atoms with van der Waals surface area (Å²) in [5.41, 5.74) is 3.28. The Hall–Kier alpha value is -3.46. The second-order valence-electron chi connectivity index (χ2n) is 7.42. The minimum Gasteiger partial charge on any atom is -0.493 e. The normalized spacial score (nSPS) is 12.6. The summed E-state index contributed by atoms with van der Waals surface area (Å²) in [6, 6.07) is 15.7. The summed E-state index contributed by atoms with van der Waals surface area (Å²) in [6.07, 6.45) is 0.995. The van der Waals surface area contributed by atoms with Crippen molar-refractivity contribution in [1.29, 1.82) is 0 Å². The number of fused-ring (bicyclic) bond motifs is 1. The van der Waals surface area contributed by atoms with E-state index in [9.17, 15) is 4.79 Å². The Morgan fingerprint density at radius 3 is 2.36 bits per heavy atom. The molecule has 9 heteroatoms. The van der Waals surface area contributed by atoms with E-state index in [0.717, 1.165) is 25.3 Å². The predicted octanol–water partition coefficient (Wildman–Crippen LogP) is 3.80. The average molecular weight is 467 g/mol. The quantitative estimate of drug-likeness (QED) is 0.502. The number of anilines is 2. The molecule has 0 unspecified atom stereocenters. The predicted molar refractivity (Wildman–Crippen MR) is 129 cm³/mol. The molecular formula is C24H26N4O4S. The second kappa shape index (κ2) is 10.4. The average Bonchev–Trinajstić information content (AvgIpc) is 2.86. The lowest BCUT2D eigenvalue weighted by Gasteiger charge is -2.29. The highest BCUT2D eigenvalue weighted by atomic mass is 32.2. The first kappa shape index (κ1) is 22.7. The number of hydrogen-bond acceptors (Lipinski definition) is 8. The second-order valence-corrected chi connectivity index (χ2v) is 8.42. The minimum atomic E-state index is -0.173. The minimum absolute atomic E-state index is 0.173. The molecule has 0 spiro atoms. The van der Waals surface area contributed by atoms with Gasteiger partial charge in [0.15, 0.2) is 17.3 Å². The topological polar surface area (TPSA) is 85.8 Å². The van der Waals surface area contributed by atoms with E-state index in [1.165, 1.54) is 44.2 Å². The van der Waals surface area contributed by atoms with Crippen molar-refractivity contribution >= 4 is 29.2 Å². The van der Waals surface area contributed by atoms with Crippen molar-refractivity contribution in [3.63, 3.8) is 0 Å². The third-order valence-corrected chi connectivity index (χ3v) is 6.30. The fraction of sp³-hybridized carbons (Fsp3) is 0.292. The molecule has 33 heavy (non-hydrogen) atoms. The van der Waals surface area contributed by atoms with Gasteiger partial charge >= 0.3 is 0 Å². The molecule has 1 aliphatic rings. The van der Waals surface area contributed by atoms with Gasteiger partial charge in [0.25, 0.3) is 0 Å². The number of aromatic nitrogens is 2. The molecule has 0 saturated heterocycles. The standard InChI is InChI=1S/C24H26N4O4S/c1-30-19-12-18(13-20(31-2)24(19)32-3)25-22(29)15-33-23-9-8-21(26-27-23)28-11-10-16-6-4-5-7-17(16)14-28/h4-9,12-13H,10-11,14-15H2,1-3H3,(H,25,29). The van der Waals surface area contributed by atoms with Crippen LogP contribution >= 0.6 is 11.8 Å². The Morgan fingerprint density at radius 2 is 1.73 bits per heavy atom. The van der Waals surface area contributed by atoms with Crippen LogP contribution in [-0.4, -0.2) is 49.7 Å². The number of benzene rings is 2. The molecule has 2 heterocycles. The Morgan fingerprint density at radius 1 is 1.00 bits per heavy atom. The summed E-state index contributed by atoms with van der Waals surface area (Å²) >= 11 is 1.33.